The van der Waals surface area contributed by atoms with E-state index in [-0.39, 0.29) is 36.5 Å². The van der Waals surface area contributed by atoms with Gasteiger partial charge in [0.05, 0.1) is 19.8 Å². The third-order valence-electron chi connectivity index (χ3n) is 9.44. The van der Waals surface area contributed by atoms with Gasteiger partial charge in [0.1, 0.15) is 34.5 Å². The molecule has 398 valence electrons. The molecule has 0 aliphatic carbocycles. The Morgan fingerprint density at radius 3 is 0.729 bits per heavy atom. The van der Waals surface area contributed by atoms with Crippen LogP contribution in [0, 0.1) is 0 Å². The molecule has 9 nitrogen and oxygen atoms in total. The van der Waals surface area contributed by atoms with Crippen LogP contribution in [0.25, 0.3) is 0 Å². The van der Waals surface area contributed by atoms with Crippen LogP contribution in [-0.2, 0) is 13.6 Å². The third-order valence-corrected chi connectivity index (χ3v) is 13.1. The number of benzene rings is 3. The summed E-state index contributed by atoms with van der Waals surface area (Å²) in [7, 11) is -2.55. The van der Waals surface area contributed by atoms with E-state index >= 15 is 0 Å². The molecule has 0 unspecified atom stereocenters. The highest BCUT2D eigenvalue weighted by Crippen LogP contribution is 2.57. The molecule has 0 radical (unpaired) electrons. The average molecular weight is 1150 g/mol. The van der Waals surface area contributed by atoms with Gasteiger partial charge in [0.15, 0.2) is 0 Å². The van der Waals surface area contributed by atoms with E-state index in [1.54, 1.807) is 0 Å². The first-order chi connectivity index (χ1) is 32.8. The van der Waals surface area contributed by atoms with Crippen LogP contribution in [0.2, 0.25) is 0 Å². The Kier molecular flexibility index (Phi) is 27.5. The van der Waals surface area contributed by atoms with Crippen molar-refractivity contribution < 1.29 is 81.5 Å². The van der Waals surface area contributed by atoms with Crippen LogP contribution < -0.4 is 28.4 Å². The van der Waals surface area contributed by atoms with E-state index in [0.717, 1.165) is 38.5 Å². The summed E-state index contributed by atoms with van der Waals surface area (Å²) in [6.07, 6.45) is -3.52. The van der Waals surface area contributed by atoms with Gasteiger partial charge in [0.25, 0.3) is 0 Å². The Bertz CT molecular complexity index is 1650. The maximum atomic E-state index is 12.4. The fraction of sp³-hybridized carbons (Fsp3) is 0.600. The van der Waals surface area contributed by atoms with Crippen molar-refractivity contribution in [3.8, 4) is 34.5 Å². The first-order valence-corrected chi connectivity index (χ1v) is 25.6. The highest BCUT2D eigenvalue weighted by Gasteiger charge is 2.42. The summed E-state index contributed by atoms with van der Waals surface area (Å²) in [4.78, 5) is 0. The zero-order valence-electron chi connectivity index (χ0n) is 37.6. The molecule has 3 aromatic carbocycles. The molecule has 0 aromatic heterocycles. The van der Waals surface area contributed by atoms with E-state index in [2.05, 4.69) is 14.2 Å². The first-order valence-electron chi connectivity index (χ1n) is 22.2. The summed E-state index contributed by atoms with van der Waals surface area (Å²) < 4.78 is 152. The zero-order chi connectivity index (χ0) is 51.7. The van der Waals surface area contributed by atoms with E-state index in [1.165, 1.54) is 72.8 Å². The standard InChI is InChI=1S/C45H54Cl6F9O9P/c46-40(47,28-10-4-1-7-13-31-61-34-16-22-37(23-17-34)64-43(52,53)54)67-70(68-41(48,49)29-11-5-2-8-14-32-62-35-18-24-38(25-19-35)65-44(55,56)57)69-42(50,51)30-12-6-3-9-15-33-63-36-20-26-39(27-21-36)66-45(58,59)60/h16-27H,1-15,28-33H2. The van der Waals surface area contributed by atoms with Crippen LogP contribution in [0.15, 0.2) is 72.8 Å². The van der Waals surface area contributed by atoms with Gasteiger partial charge in [0, 0.05) is 19.3 Å². The second kappa shape index (κ2) is 30.9. The van der Waals surface area contributed by atoms with E-state index < -0.39 is 41.2 Å². The van der Waals surface area contributed by atoms with Crippen LogP contribution >= 0.6 is 78.2 Å². The van der Waals surface area contributed by atoms with E-state index in [4.69, 9.17) is 97.4 Å². The lowest BCUT2D eigenvalue weighted by Crippen LogP contribution is -2.25. The van der Waals surface area contributed by atoms with Gasteiger partial charge in [0.2, 0.25) is 13.6 Å². The quantitative estimate of drug-likeness (QED) is 0.0245. The molecule has 0 saturated carbocycles. The predicted octanol–water partition coefficient (Wildman–Crippen LogP) is 18.6. The van der Waals surface area contributed by atoms with Gasteiger partial charge in [-0.25, -0.2) is 0 Å². The van der Waals surface area contributed by atoms with Crippen molar-refractivity contribution in [2.45, 2.75) is 148 Å². The summed E-state index contributed by atoms with van der Waals surface area (Å²) in [6.45, 7) is 1.04. The fourth-order valence-electron chi connectivity index (χ4n) is 6.19. The molecule has 0 fully saturated rings. The van der Waals surface area contributed by atoms with Crippen LogP contribution in [0.5, 0.6) is 34.5 Å². The molecule has 70 heavy (non-hydrogen) atoms. The molecule has 0 aliphatic rings. The lowest BCUT2D eigenvalue weighted by atomic mass is 10.1. The van der Waals surface area contributed by atoms with Crippen molar-refractivity contribution in [1.29, 1.82) is 0 Å². The number of rotatable bonds is 36. The Morgan fingerprint density at radius 2 is 0.500 bits per heavy atom. The molecular formula is C45H54Cl6F9O9P. The lowest BCUT2D eigenvalue weighted by Gasteiger charge is -2.32. The molecule has 25 heteroatoms. The molecule has 0 saturated heterocycles. The van der Waals surface area contributed by atoms with Gasteiger partial charge in [-0.15, -0.1) is 39.5 Å². The molecule has 0 atom stereocenters. The summed E-state index contributed by atoms with van der Waals surface area (Å²) >= 11 is 39.6. The molecule has 0 aliphatic heterocycles. The van der Waals surface area contributed by atoms with Crippen molar-refractivity contribution >= 4 is 78.2 Å². The maximum absolute atomic E-state index is 12.4. The maximum Gasteiger partial charge on any atom is 0.573 e. The summed E-state index contributed by atoms with van der Waals surface area (Å²) in [5.41, 5.74) is 0. The van der Waals surface area contributed by atoms with Gasteiger partial charge >= 0.3 is 27.7 Å². The highest BCUT2D eigenvalue weighted by atomic mass is 35.5. The number of hydrogen-bond donors (Lipinski definition) is 0. The Morgan fingerprint density at radius 1 is 0.300 bits per heavy atom. The summed E-state index contributed by atoms with van der Waals surface area (Å²) in [6, 6.07) is 15.3. The third kappa shape index (κ3) is 31.5. The van der Waals surface area contributed by atoms with Crippen LogP contribution in [0.3, 0.4) is 0 Å². The second-order valence-corrected chi connectivity index (χ2v) is 20.8. The predicted molar refractivity (Wildman–Crippen MR) is 252 cm³/mol. The number of hydrogen-bond acceptors (Lipinski definition) is 9. The van der Waals surface area contributed by atoms with Gasteiger partial charge in [-0.1, -0.05) is 127 Å². The van der Waals surface area contributed by atoms with Gasteiger partial charge < -0.3 is 28.4 Å². The number of alkyl halides is 15. The minimum atomic E-state index is -4.78. The fourth-order valence-corrected chi connectivity index (χ4v) is 9.05. The molecule has 0 spiro atoms. The molecule has 3 aromatic rings. The van der Waals surface area contributed by atoms with Gasteiger partial charge in [-0.2, -0.15) is 0 Å². The molecule has 3 rings (SSSR count). The highest BCUT2D eigenvalue weighted by molar-refractivity contribution is 7.42. The van der Waals surface area contributed by atoms with Crippen LogP contribution in [0.4, 0.5) is 39.5 Å². The number of halogens is 15. The minimum Gasteiger partial charge on any atom is -0.494 e. The minimum absolute atomic E-state index is 0.142. The van der Waals surface area contributed by atoms with Crippen molar-refractivity contribution in [2.24, 2.45) is 0 Å². The average Bonchev–Trinajstić information content (AvgIpc) is 3.23. The van der Waals surface area contributed by atoms with Crippen molar-refractivity contribution in [1.82, 2.24) is 0 Å². The number of ether oxygens (including phenoxy) is 6. The molecule has 0 heterocycles. The largest absolute Gasteiger partial charge is 0.573 e. The zero-order valence-corrected chi connectivity index (χ0v) is 43.0. The Labute approximate surface area is 432 Å². The van der Waals surface area contributed by atoms with Crippen LogP contribution in [-0.4, -0.2) is 52.5 Å². The van der Waals surface area contributed by atoms with Crippen molar-refractivity contribution in [3.63, 3.8) is 0 Å². The smallest absolute Gasteiger partial charge is 0.494 e. The Balaban J connectivity index is 1.41. The monoisotopic (exact) mass is 1150 g/mol. The van der Waals surface area contributed by atoms with Crippen LogP contribution in [0.1, 0.15) is 116 Å². The topological polar surface area (TPSA) is 83.1 Å². The molecule has 0 amide bonds. The van der Waals surface area contributed by atoms with E-state index in [0.29, 0.717) is 94.9 Å². The molecule has 0 N–H and O–H groups in total. The second-order valence-electron chi connectivity index (χ2n) is 15.6. The first kappa shape index (κ1) is 62.2. The normalized spacial score (nSPS) is 12.9. The lowest BCUT2D eigenvalue weighted by molar-refractivity contribution is -0.275. The van der Waals surface area contributed by atoms with E-state index in [1.807, 2.05) is 0 Å². The summed E-state index contributed by atoms with van der Waals surface area (Å²) in [5, 5.41) is 0. The SMILES string of the molecule is FC(F)(F)Oc1ccc(OCCCCCCCC(Cl)(Cl)OP(OC(Cl)(Cl)CCCCCCCOc2ccc(OC(F)(F)F)cc2)OC(Cl)(Cl)CCCCCCCOc2ccc(OC(F)(F)F)cc2)cc1. The molecule has 0 bridgehead atoms. The summed E-state index contributed by atoms with van der Waals surface area (Å²) in [5.74, 6) is 0.178. The Hall–Kier alpha value is -2.12. The van der Waals surface area contributed by atoms with E-state index in [9.17, 15) is 39.5 Å². The van der Waals surface area contributed by atoms with Crippen molar-refractivity contribution in [3.05, 3.63) is 72.8 Å². The van der Waals surface area contributed by atoms with Gasteiger partial charge in [-0.3, -0.25) is 13.6 Å². The van der Waals surface area contributed by atoms with Gasteiger partial charge in [-0.05, 0) is 111 Å². The van der Waals surface area contributed by atoms with Crippen molar-refractivity contribution in [2.75, 3.05) is 19.8 Å². The number of unbranched alkanes of at least 4 members (excludes halogenated alkanes) is 12. The molecular weight excluding hydrogens is 1100 g/mol.